The predicted molar refractivity (Wildman–Crippen MR) is 105 cm³/mol. The Hall–Kier alpha value is -2.66. The maximum Gasteiger partial charge on any atom is 0.251 e. The van der Waals surface area contributed by atoms with Crippen LogP contribution >= 0.6 is 0 Å². The summed E-state index contributed by atoms with van der Waals surface area (Å²) in [6.45, 7) is 2.28. The van der Waals surface area contributed by atoms with Crippen molar-refractivity contribution in [2.75, 3.05) is 5.32 Å². The number of amides is 2. The van der Waals surface area contributed by atoms with Gasteiger partial charge < -0.3 is 15.7 Å². The summed E-state index contributed by atoms with van der Waals surface area (Å²) in [5.74, 6) is -0.0598. The molecule has 1 fully saturated rings. The van der Waals surface area contributed by atoms with E-state index in [1.165, 1.54) is 0 Å². The van der Waals surface area contributed by atoms with Gasteiger partial charge in [0.2, 0.25) is 5.91 Å². The quantitative estimate of drug-likeness (QED) is 0.732. The third-order valence-corrected chi connectivity index (χ3v) is 5.11. The Morgan fingerprint density at radius 2 is 1.81 bits per heavy atom. The van der Waals surface area contributed by atoms with Gasteiger partial charge in [0, 0.05) is 23.7 Å². The molecule has 0 heterocycles. The molecule has 0 unspecified atom stereocenters. The molecule has 2 amide bonds. The van der Waals surface area contributed by atoms with Crippen LogP contribution in [0.2, 0.25) is 0 Å². The molecule has 2 aromatic rings. The number of aliphatic hydroxyl groups is 1. The molecule has 0 atom stereocenters. The van der Waals surface area contributed by atoms with Crippen molar-refractivity contribution in [3.8, 4) is 0 Å². The fraction of sp³-hybridized carbons (Fsp3) is 0.364. The summed E-state index contributed by atoms with van der Waals surface area (Å²) in [6.07, 6.45) is 4.10. The SMILES string of the molecule is Cc1ccc(C(=O)NCc2cccc(CO)c2)cc1NC(=O)C1CCCC1. The first-order chi connectivity index (χ1) is 13.1. The van der Waals surface area contributed by atoms with Crippen LogP contribution in [0.15, 0.2) is 42.5 Å². The van der Waals surface area contributed by atoms with E-state index >= 15 is 0 Å². The molecule has 0 bridgehead atoms. The Kier molecular flexibility index (Phi) is 6.24. The van der Waals surface area contributed by atoms with Crippen LogP contribution in [0.1, 0.15) is 52.7 Å². The molecule has 5 nitrogen and oxygen atoms in total. The van der Waals surface area contributed by atoms with E-state index < -0.39 is 0 Å². The fourth-order valence-electron chi connectivity index (χ4n) is 3.44. The Balaban J connectivity index is 1.65. The average molecular weight is 366 g/mol. The van der Waals surface area contributed by atoms with Gasteiger partial charge >= 0.3 is 0 Å². The zero-order valence-electron chi connectivity index (χ0n) is 15.6. The fourth-order valence-corrected chi connectivity index (χ4v) is 3.44. The molecule has 1 saturated carbocycles. The Morgan fingerprint density at radius 3 is 2.56 bits per heavy atom. The highest BCUT2D eigenvalue weighted by molar-refractivity contribution is 5.98. The van der Waals surface area contributed by atoms with E-state index in [1.54, 1.807) is 12.1 Å². The van der Waals surface area contributed by atoms with Crippen molar-refractivity contribution >= 4 is 17.5 Å². The van der Waals surface area contributed by atoms with Crippen molar-refractivity contribution < 1.29 is 14.7 Å². The van der Waals surface area contributed by atoms with Crippen LogP contribution in [0, 0.1) is 12.8 Å². The molecule has 5 heteroatoms. The van der Waals surface area contributed by atoms with Crippen molar-refractivity contribution in [2.24, 2.45) is 5.92 Å². The number of hydrogen-bond acceptors (Lipinski definition) is 3. The van der Waals surface area contributed by atoms with E-state index in [1.807, 2.05) is 37.3 Å². The normalized spacial score (nSPS) is 14.1. The Morgan fingerprint density at radius 1 is 1.07 bits per heavy atom. The number of benzene rings is 2. The molecule has 1 aliphatic carbocycles. The lowest BCUT2D eigenvalue weighted by atomic mass is 10.1. The molecule has 0 saturated heterocycles. The Labute approximate surface area is 159 Å². The molecule has 142 valence electrons. The van der Waals surface area contributed by atoms with Gasteiger partial charge in [0.15, 0.2) is 0 Å². The smallest absolute Gasteiger partial charge is 0.251 e. The highest BCUT2D eigenvalue weighted by Gasteiger charge is 2.23. The predicted octanol–water partition coefficient (Wildman–Crippen LogP) is 3.55. The first-order valence-electron chi connectivity index (χ1n) is 9.45. The minimum atomic E-state index is -0.194. The van der Waals surface area contributed by atoms with Crippen LogP contribution < -0.4 is 10.6 Å². The van der Waals surface area contributed by atoms with Gasteiger partial charge in [-0.3, -0.25) is 9.59 Å². The second kappa shape index (κ2) is 8.82. The van der Waals surface area contributed by atoms with Crippen LogP contribution in [0.25, 0.3) is 0 Å². The van der Waals surface area contributed by atoms with Gasteiger partial charge in [0.05, 0.1) is 6.61 Å². The van der Waals surface area contributed by atoms with Crippen LogP contribution in [0.5, 0.6) is 0 Å². The van der Waals surface area contributed by atoms with Crippen molar-refractivity contribution in [3.05, 3.63) is 64.7 Å². The number of carbonyl (C=O) groups is 2. The summed E-state index contributed by atoms with van der Waals surface area (Å²) < 4.78 is 0. The second-order valence-corrected chi connectivity index (χ2v) is 7.16. The lowest BCUT2D eigenvalue weighted by Gasteiger charge is -2.14. The monoisotopic (exact) mass is 366 g/mol. The minimum absolute atomic E-state index is 0.0240. The van der Waals surface area contributed by atoms with Gasteiger partial charge in [-0.25, -0.2) is 0 Å². The van der Waals surface area contributed by atoms with Crippen molar-refractivity contribution in [2.45, 2.75) is 45.8 Å². The molecular weight excluding hydrogens is 340 g/mol. The van der Waals surface area contributed by atoms with E-state index in [0.717, 1.165) is 42.4 Å². The minimum Gasteiger partial charge on any atom is -0.392 e. The van der Waals surface area contributed by atoms with E-state index in [0.29, 0.717) is 17.8 Å². The topological polar surface area (TPSA) is 78.4 Å². The maximum absolute atomic E-state index is 12.5. The summed E-state index contributed by atoms with van der Waals surface area (Å²) in [4.78, 5) is 24.9. The van der Waals surface area contributed by atoms with Gasteiger partial charge in [0.25, 0.3) is 5.91 Å². The summed E-state index contributed by atoms with van der Waals surface area (Å²) in [7, 11) is 0. The van der Waals surface area contributed by atoms with E-state index in [2.05, 4.69) is 10.6 Å². The molecule has 0 aliphatic heterocycles. The van der Waals surface area contributed by atoms with Gasteiger partial charge in [-0.05, 0) is 48.6 Å². The van der Waals surface area contributed by atoms with Crippen LogP contribution in [-0.4, -0.2) is 16.9 Å². The molecule has 3 rings (SSSR count). The molecule has 3 N–H and O–H groups in total. The second-order valence-electron chi connectivity index (χ2n) is 7.16. The lowest BCUT2D eigenvalue weighted by Crippen LogP contribution is -2.24. The van der Waals surface area contributed by atoms with Crippen LogP contribution in [0.4, 0.5) is 5.69 Å². The molecule has 0 spiro atoms. The highest BCUT2D eigenvalue weighted by atomic mass is 16.3. The summed E-state index contributed by atoms with van der Waals surface area (Å²) >= 11 is 0. The number of aliphatic hydroxyl groups excluding tert-OH is 1. The summed E-state index contributed by atoms with van der Waals surface area (Å²) in [5.41, 5.74) is 3.89. The highest BCUT2D eigenvalue weighted by Crippen LogP contribution is 2.27. The number of hydrogen-bond donors (Lipinski definition) is 3. The largest absolute Gasteiger partial charge is 0.392 e. The van der Waals surface area contributed by atoms with Crippen molar-refractivity contribution in [1.29, 1.82) is 0 Å². The van der Waals surface area contributed by atoms with E-state index in [-0.39, 0.29) is 24.3 Å². The Bertz CT molecular complexity index is 826. The third kappa shape index (κ3) is 4.95. The molecule has 2 aromatic carbocycles. The standard InChI is InChI=1S/C22H26N2O3/c1-15-9-10-19(12-20(15)24-22(27)18-7-2-3-8-18)21(26)23-13-16-5-4-6-17(11-16)14-25/h4-6,9-12,18,25H,2-3,7-8,13-14H2,1H3,(H,23,26)(H,24,27). The van der Waals surface area contributed by atoms with Crippen molar-refractivity contribution in [3.63, 3.8) is 0 Å². The maximum atomic E-state index is 12.5. The van der Waals surface area contributed by atoms with Gasteiger partial charge in [-0.2, -0.15) is 0 Å². The number of nitrogens with one attached hydrogen (secondary N) is 2. The van der Waals surface area contributed by atoms with Crippen LogP contribution in [-0.2, 0) is 17.9 Å². The molecule has 1 aliphatic rings. The first-order valence-corrected chi connectivity index (χ1v) is 9.45. The number of anilines is 1. The molecule has 0 aromatic heterocycles. The number of rotatable bonds is 6. The molecule has 0 radical (unpaired) electrons. The molecular formula is C22H26N2O3. The zero-order valence-corrected chi connectivity index (χ0v) is 15.6. The third-order valence-electron chi connectivity index (χ3n) is 5.11. The average Bonchev–Trinajstić information content (AvgIpc) is 3.23. The van der Waals surface area contributed by atoms with Crippen molar-refractivity contribution in [1.82, 2.24) is 5.32 Å². The first kappa shape index (κ1) is 19.1. The summed E-state index contributed by atoms with van der Waals surface area (Å²) in [6, 6.07) is 12.8. The molecule has 27 heavy (non-hydrogen) atoms. The van der Waals surface area contributed by atoms with Gasteiger partial charge in [0.1, 0.15) is 0 Å². The van der Waals surface area contributed by atoms with E-state index in [9.17, 15) is 14.7 Å². The van der Waals surface area contributed by atoms with Crippen LogP contribution in [0.3, 0.4) is 0 Å². The summed E-state index contributed by atoms with van der Waals surface area (Å²) in [5, 5.41) is 15.1. The number of aryl methyl sites for hydroxylation is 1. The van der Waals surface area contributed by atoms with Gasteiger partial charge in [-0.15, -0.1) is 0 Å². The van der Waals surface area contributed by atoms with Gasteiger partial charge in [-0.1, -0.05) is 43.2 Å². The lowest BCUT2D eigenvalue weighted by molar-refractivity contribution is -0.119. The number of carbonyl (C=O) groups excluding carboxylic acids is 2. The zero-order chi connectivity index (χ0) is 19.2. The van der Waals surface area contributed by atoms with E-state index in [4.69, 9.17) is 0 Å².